The zero-order valence-electron chi connectivity index (χ0n) is 21.0. The van der Waals surface area contributed by atoms with Crippen molar-refractivity contribution in [3.8, 4) is 11.3 Å². The van der Waals surface area contributed by atoms with Gasteiger partial charge in [-0.25, -0.2) is 4.39 Å². The number of benzene rings is 2. The molecular formula is C29H34Cl2FN3O. The lowest BCUT2D eigenvalue weighted by molar-refractivity contribution is 0.0943. The lowest BCUT2D eigenvalue weighted by Crippen LogP contribution is -2.51. The van der Waals surface area contributed by atoms with Crippen LogP contribution in [0.15, 0.2) is 54.6 Å². The van der Waals surface area contributed by atoms with Crippen LogP contribution in [0.2, 0.25) is 10.0 Å². The summed E-state index contributed by atoms with van der Waals surface area (Å²) in [6.45, 7) is 7.47. The van der Waals surface area contributed by atoms with E-state index in [1.54, 1.807) is 6.07 Å². The Morgan fingerprint density at radius 3 is 2.42 bits per heavy atom. The van der Waals surface area contributed by atoms with Crippen molar-refractivity contribution in [1.29, 1.82) is 0 Å². The van der Waals surface area contributed by atoms with Crippen LogP contribution >= 0.6 is 23.2 Å². The number of carbonyl (C=O) groups excluding carboxylic acids is 1. The number of aromatic nitrogens is 1. The van der Waals surface area contributed by atoms with Gasteiger partial charge in [-0.05, 0) is 43.5 Å². The molecule has 1 fully saturated rings. The van der Waals surface area contributed by atoms with E-state index in [9.17, 15) is 9.18 Å². The number of rotatable bonds is 10. The molecule has 4 rings (SSSR count). The third-order valence-corrected chi connectivity index (χ3v) is 7.98. The Bertz CT molecular complexity index is 1170. The molecule has 0 N–H and O–H groups in total. The monoisotopic (exact) mass is 529 g/mol. The van der Waals surface area contributed by atoms with Crippen molar-refractivity contribution in [2.24, 2.45) is 0 Å². The second kappa shape index (κ2) is 12.3. The number of hydrogen-bond donors (Lipinski definition) is 0. The molecule has 0 spiro atoms. The number of ketones is 1. The van der Waals surface area contributed by atoms with Gasteiger partial charge in [-0.15, -0.1) is 0 Å². The van der Waals surface area contributed by atoms with Crippen LogP contribution in [0.1, 0.15) is 42.2 Å². The zero-order valence-corrected chi connectivity index (χ0v) is 22.5. The van der Waals surface area contributed by atoms with Crippen LogP contribution in [0.5, 0.6) is 0 Å². The molecular weight excluding hydrogens is 496 g/mol. The van der Waals surface area contributed by atoms with Crippen LogP contribution in [0.25, 0.3) is 11.3 Å². The molecule has 0 saturated carbocycles. The first-order valence-electron chi connectivity index (χ1n) is 12.7. The molecule has 0 radical (unpaired) electrons. The summed E-state index contributed by atoms with van der Waals surface area (Å²) in [5.41, 5.74) is 4.82. The summed E-state index contributed by atoms with van der Waals surface area (Å²) in [5.74, 6) is 0.0855. The highest BCUT2D eigenvalue weighted by atomic mass is 35.5. The number of piperazine rings is 1. The molecule has 0 aliphatic carbocycles. The fourth-order valence-corrected chi connectivity index (χ4v) is 5.56. The van der Waals surface area contributed by atoms with E-state index < -0.39 is 6.67 Å². The highest BCUT2D eigenvalue weighted by Crippen LogP contribution is 2.33. The van der Waals surface area contributed by atoms with Gasteiger partial charge < -0.3 is 9.47 Å². The number of halogens is 3. The Hall–Kier alpha value is -2.34. The summed E-state index contributed by atoms with van der Waals surface area (Å²) in [7, 11) is 0. The lowest BCUT2D eigenvalue weighted by atomic mass is 10.0. The van der Waals surface area contributed by atoms with Crippen molar-refractivity contribution in [1.82, 2.24) is 9.47 Å². The number of hydrogen-bond acceptors (Lipinski definition) is 3. The average Bonchev–Trinajstić information content (AvgIpc) is 3.23. The van der Waals surface area contributed by atoms with Gasteiger partial charge in [0.2, 0.25) is 0 Å². The Morgan fingerprint density at radius 1 is 1.03 bits per heavy atom. The van der Waals surface area contributed by atoms with Gasteiger partial charge in [0.25, 0.3) is 0 Å². The standard InChI is InChI=1S/C29H34Cl2FN3O/c1-3-14-35-21(2)24(19-27(35)22-8-5-4-6-9-22)28(36)13-12-23(20-32)33-15-17-34(18-16-33)26-11-7-10-25(30)29(26)31/h4-11,19,23H,3,12-18,20H2,1-2H3. The zero-order chi connectivity index (χ0) is 25.7. The molecule has 4 nitrogen and oxygen atoms in total. The first-order valence-corrected chi connectivity index (χ1v) is 13.5. The van der Waals surface area contributed by atoms with Crippen LogP contribution < -0.4 is 4.90 Å². The van der Waals surface area contributed by atoms with Crippen molar-refractivity contribution >= 4 is 34.7 Å². The number of carbonyl (C=O) groups is 1. The normalized spacial score (nSPS) is 15.3. The van der Waals surface area contributed by atoms with Gasteiger partial charge in [0, 0.05) is 62.1 Å². The molecule has 1 aliphatic rings. The van der Waals surface area contributed by atoms with E-state index in [2.05, 4.69) is 33.4 Å². The van der Waals surface area contributed by atoms with Crippen LogP contribution in [-0.4, -0.2) is 54.1 Å². The van der Waals surface area contributed by atoms with E-state index in [4.69, 9.17) is 23.2 Å². The summed E-state index contributed by atoms with van der Waals surface area (Å²) < 4.78 is 16.3. The molecule has 1 saturated heterocycles. The minimum absolute atomic E-state index is 0.0855. The highest BCUT2D eigenvalue weighted by Gasteiger charge is 2.26. The first kappa shape index (κ1) is 26.7. The molecule has 1 aromatic heterocycles. The van der Waals surface area contributed by atoms with Crippen LogP contribution in [0.3, 0.4) is 0 Å². The second-order valence-electron chi connectivity index (χ2n) is 9.41. The Morgan fingerprint density at radius 2 is 1.75 bits per heavy atom. The number of nitrogens with zero attached hydrogens (tertiary/aromatic N) is 3. The van der Waals surface area contributed by atoms with Crippen LogP contribution in [0.4, 0.5) is 10.1 Å². The SMILES string of the molecule is CCCn1c(-c2ccccc2)cc(C(=O)CCC(CF)N2CCN(c3cccc(Cl)c3Cl)CC2)c1C. The minimum atomic E-state index is -0.462. The van der Waals surface area contributed by atoms with Crippen molar-refractivity contribution in [2.45, 2.75) is 45.7 Å². The Balaban J connectivity index is 1.40. The predicted octanol–water partition coefficient (Wildman–Crippen LogP) is 7.30. The highest BCUT2D eigenvalue weighted by molar-refractivity contribution is 6.43. The van der Waals surface area contributed by atoms with Crippen molar-refractivity contribution in [2.75, 3.05) is 37.8 Å². The average molecular weight is 531 g/mol. The van der Waals surface area contributed by atoms with E-state index in [1.165, 1.54) is 0 Å². The maximum atomic E-state index is 14.1. The van der Waals surface area contributed by atoms with Gasteiger partial charge in [-0.1, -0.05) is 66.5 Å². The number of alkyl halides is 1. The smallest absolute Gasteiger partial charge is 0.164 e. The second-order valence-corrected chi connectivity index (χ2v) is 10.2. The lowest BCUT2D eigenvalue weighted by Gasteiger charge is -2.39. The summed E-state index contributed by atoms with van der Waals surface area (Å²) in [6.07, 6.45) is 1.83. The third kappa shape index (κ3) is 5.80. The van der Waals surface area contributed by atoms with E-state index in [1.807, 2.05) is 43.3 Å². The van der Waals surface area contributed by atoms with E-state index in [0.717, 1.165) is 67.3 Å². The molecule has 1 unspecified atom stereocenters. The van der Waals surface area contributed by atoms with Crippen molar-refractivity contribution < 1.29 is 9.18 Å². The predicted molar refractivity (Wildman–Crippen MR) is 148 cm³/mol. The van der Waals surface area contributed by atoms with Crippen LogP contribution in [0, 0.1) is 6.92 Å². The molecule has 2 aromatic carbocycles. The summed E-state index contributed by atoms with van der Waals surface area (Å²) >= 11 is 12.6. The molecule has 7 heteroatoms. The summed E-state index contributed by atoms with van der Waals surface area (Å²) in [6, 6.07) is 17.6. The van der Waals surface area contributed by atoms with Gasteiger partial charge >= 0.3 is 0 Å². The van der Waals surface area contributed by atoms with E-state index in [-0.39, 0.29) is 11.8 Å². The van der Waals surface area contributed by atoms with Crippen molar-refractivity contribution in [3.63, 3.8) is 0 Å². The van der Waals surface area contributed by atoms with Gasteiger partial charge in [0.05, 0.1) is 15.7 Å². The summed E-state index contributed by atoms with van der Waals surface area (Å²) in [4.78, 5) is 17.6. The van der Waals surface area contributed by atoms with Gasteiger partial charge in [0.1, 0.15) is 6.67 Å². The van der Waals surface area contributed by atoms with Gasteiger partial charge in [0.15, 0.2) is 5.78 Å². The fraction of sp³-hybridized carbons (Fsp3) is 0.414. The van der Waals surface area contributed by atoms with E-state index in [0.29, 0.717) is 22.9 Å². The first-order chi connectivity index (χ1) is 17.4. The minimum Gasteiger partial charge on any atom is -0.368 e. The molecule has 2 heterocycles. The molecule has 192 valence electrons. The third-order valence-electron chi connectivity index (χ3n) is 7.17. The topological polar surface area (TPSA) is 28.5 Å². The van der Waals surface area contributed by atoms with E-state index >= 15 is 0 Å². The van der Waals surface area contributed by atoms with Gasteiger partial charge in [-0.3, -0.25) is 9.69 Å². The Kier molecular flexibility index (Phi) is 9.10. The molecule has 1 atom stereocenters. The maximum absolute atomic E-state index is 14.1. The number of Topliss-reactive ketones (excluding diaryl/α,β-unsaturated/α-hetero) is 1. The van der Waals surface area contributed by atoms with Crippen LogP contribution in [-0.2, 0) is 6.54 Å². The summed E-state index contributed by atoms with van der Waals surface area (Å²) in [5, 5.41) is 1.09. The molecule has 36 heavy (non-hydrogen) atoms. The fourth-order valence-electron chi connectivity index (χ4n) is 5.14. The maximum Gasteiger partial charge on any atom is 0.164 e. The molecule has 0 amide bonds. The number of anilines is 1. The largest absolute Gasteiger partial charge is 0.368 e. The Labute approximate surface area is 223 Å². The quantitative estimate of drug-likeness (QED) is 0.258. The molecule has 1 aliphatic heterocycles. The van der Waals surface area contributed by atoms with Crippen molar-refractivity contribution in [3.05, 3.63) is 75.9 Å². The van der Waals surface area contributed by atoms with Gasteiger partial charge in [-0.2, -0.15) is 0 Å². The molecule has 0 bridgehead atoms. The molecule has 3 aromatic rings.